The number of para-hydroxylation sites is 1. The van der Waals surface area contributed by atoms with Crippen molar-refractivity contribution in [3.05, 3.63) is 71.2 Å². The van der Waals surface area contributed by atoms with Crippen LogP contribution in [0.3, 0.4) is 0 Å². The smallest absolute Gasteiger partial charge is 0.211 e. The van der Waals surface area contributed by atoms with E-state index in [2.05, 4.69) is 10.6 Å². The fraction of sp³-hybridized carbons (Fsp3) is 0.167. The van der Waals surface area contributed by atoms with E-state index in [4.69, 9.17) is 4.74 Å². The normalized spacial score (nSPS) is 11.1. The molecule has 0 aliphatic carbocycles. The zero-order valence-electron chi connectivity index (χ0n) is 12.9. The zero-order valence-corrected chi connectivity index (χ0v) is 12.9. The summed E-state index contributed by atoms with van der Waals surface area (Å²) in [5.41, 5.74) is 2.47. The molecule has 0 aromatic heterocycles. The van der Waals surface area contributed by atoms with Crippen LogP contribution in [0, 0.1) is 5.82 Å². The van der Waals surface area contributed by atoms with E-state index in [1.807, 2.05) is 30.3 Å². The summed E-state index contributed by atoms with van der Waals surface area (Å²) < 4.78 is 18.7. The third-order valence-corrected chi connectivity index (χ3v) is 3.17. The van der Waals surface area contributed by atoms with E-state index >= 15 is 0 Å². The molecule has 0 saturated carbocycles. The molecule has 0 saturated heterocycles. The van der Waals surface area contributed by atoms with E-state index in [1.165, 1.54) is 12.1 Å². The van der Waals surface area contributed by atoms with Crippen molar-refractivity contribution in [3.63, 3.8) is 0 Å². The van der Waals surface area contributed by atoms with Crippen molar-refractivity contribution in [2.45, 2.75) is 6.61 Å². The topological polar surface area (TPSA) is 50.4 Å². The van der Waals surface area contributed by atoms with Crippen molar-refractivity contribution < 1.29 is 13.9 Å². The lowest BCUT2D eigenvalue weighted by Crippen LogP contribution is -2.21. The maximum Gasteiger partial charge on any atom is 0.211 e. The molecule has 2 aromatic rings. The van der Waals surface area contributed by atoms with E-state index in [0.717, 1.165) is 16.8 Å². The highest BCUT2D eigenvalue weighted by atomic mass is 19.1. The molecule has 2 N–H and O–H groups in total. The third-order valence-electron chi connectivity index (χ3n) is 3.17. The van der Waals surface area contributed by atoms with Crippen molar-refractivity contribution in [1.82, 2.24) is 10.6 Å². The Labute approximate surface area is 135 Å². The van der Waals surface area contributed by atoms with Crippen LogP contribution < -0.4 is 15.4 Å². The summed E-state index contributed by atoms with van der Waals surface area (Å²) in [6, 6.07) is 13.7. The number of halogens is 1. The highest BCUT2D eigenvalue weighted by Crippen LogP contribution is 2.21. The predicted octanol–water partition coefficient (Wildman–Crippen LogP) is 2.71. The van der Waals surface area contributed by atoms with Gasteiger partial charge in [0, 0.05) is 17.8 Å². The van der Waals surface area contributed by atoms with Gasteiger partial charge in [0.05, 0.1) is 0 Å². The quantitative estimate of drug-likeness (QED) is 0.737. The lowest BCUT2D eigenvalue weighted by atomic mass is 10.1. The first-order valence-electron chi connectivity index (χ1n) is 7.24. The molecule has 0 atom stereocenters. The first-order chi connectivity index (χ1) is 11.2. The van der Waals surface area contributed by atoms with Crippen LogP contribution in [0.15, 0.2) is 54.2 Å². The number of ether oxygens (including phenoxy) is 1. The highest BCUT2D eigenvalue weighted by Gasteiger charge is 2.04. The molecule has 0 bridgehead atoms. The molecule has 0 spiro atoms. The fourth-order valence-corrected chi connectivity index (χ4v) is 2.07. The van der Waals surface area contributed by atoms with Crippen LogP contribution in [-0.2, 0) is 11.4 Å². The van der Waals surface area contributed by atoms with Crippen LogP contribution >= 0.6 is 0 Å². The maximum atomic E-state index is 12.9. The Kier molecular flexibility index (Phi) is 6.32. The number of benzene rings is 2. The minimum Gasteiger partial charge on any atom is -0.488 e. The summed E-state index contributed by atoms with van der Waals surface area (Å²) in [5.74, 6) is 0.423. The van der Waals surface area contributed by atoms with Gasteiger partial charge in [0.1, 0.15) is 18.2 Å². The predicted molar refractivity (Wildman–Crippen MR) is 88.3 cm³/mol. The van der Waals surface area contributed by atoms with Gasteiger partial charge in [-0.25, -0.2) is 4.39 Å². The number of carbonyl (C=O) groups is 1. The van der Waals surface area contributed by atoms with Gasteiger partial charge < -0.3 is 15.4 Å². The van der Waals surface area contributed by atoms with Gasteiger partial charge in [-0.05, 0) is 36.9 Å². The number of amides is 1. The zero-order chi connectivity index (χ0) is 16.5. The van der Waals surface area contributed by atoms with Gasteiger partial charge in [-0.1, -0.05) is 30.3 Å². The summed E-state index contributed by atoms with van der Waals surface area (Å²) in [4.78, 5) is 10.7. The second-order valence-electron chi connectivity index (χ2n) is 4.92. The van der Waals surface area contributed by atoms with Crippen molar-refractivity contribution in [2.24, 2.45) is 0 Å². The Balaban J connectivity index is 2.14. The van der Waals surface area contributed by atoms with Crippen LogP contribution in [0.4, 0.5) is 4.39 Å². The number of likely N-dealkylation sites (N-methyl/N-ethyl adjacent to an activating group) is 1. The van der Waals surface area contributed by atoms with Crippen molar-refractivity contribution >= 4 is 12.5 Å². The number of rotatable bonds is 8. The molecule has 0 fully saturated rings. The van der Waals surface area contributed by atoms with Gasteiger partial charge in [-0.2, -0.15) is 0 Å². The van der Waals surface area contributed by atoms with Crippen molar-refractivity contribution in [1.29, 1.82) is 0 Å². The molecular weight excluding hydrogens is 295 g/mol. The van der Waals surface area contributed by atoms with E-state index in [1.54, 1.807) is 19.2 Å². The Bertz CT molecular complexity index is 669. The largest absolute Gasteiger partial charge is 0.488 e. The lowest BCUT2D eigenvalue weighted by molar-refractivity contribution is -0.108. The molecule has 2 aromatic carbocycles. The van der Waals surface area contributed by atoms with Gasteiger partial charge in [-0.3, -0.25) is 4.79 Å². The summed E-state index contributed by atoms with van der Waals surface area (Å²) in [6.45, 7) is 0.874. The number of hydrogen-bond donors (Lipinski definition) is 2. The van der Waals surface area contributed by atoms with E-state index < -0.39 is 0 Å². The highest BCUT2D eigenvalue weighted by molar-refractivity contribution is 5.63. The van der Waals surface area contributed by atoms with E-state index in [-0.39, 0.29) is 5.82 Å². The monoisotopic (exact) mass is 314 g/mol. The Hall–Kier alpha value is -2.66. The lowest BCUT2D eigenvalue weighted by Gasteiger charge is -2.11. The molecule has 1 amide bonds. The second-order valence-corrected chi connectivity index (χ2v) is 4.92. The Morgan fingerprint density at radius 1 is 1.17 bits per heavy atom. The number of nitrogens with one attached hydrogen (secondary N) is 2. The van der Waals surface area contributed by atoms with Gasteiger partial charge in [0.2, 0.25) is 6.41 Å². The minimum absolute atomic E-state index is 0.270. The molecular formula is C18H19FN2O2. The SMILES string of the molecule is CNC/C(=C\c1ccccc1OCc1ccc(F)cc1)NC=O. The van der Waals surface area contributed by atoms with Crippen LogP contribution in [0.1, 0.15) is 11.1 Å². The summed E-state index contributed by atoms with van der Waals surface area (Å²) >= 11 is 0. The van der Waals surface area contributed by atoms with Crippen LogP contribution in [-0.4, -0.2) is 20.0 Å². The first-order valence-corrected chi connectivity index (χ1v) is 7.24. The molecule has 0 radical (unpaired) electrons. The molecule has 5 heteroatoms. The average Bonchev–Trinajstić information content (AvgIpc) is 2.56. The third kappa shape index (κ3) is 5.23. The molecule has 0 aliphatic heterocycles. The molecule has 0 aliphatic rings. The average molecular weight is 314 g/mol. The van der Waals surface area contributed by atoms with Crippen LogP contribution in [0.5, 0.6) is 5.75 Å². The minimum atomic E-state index is -0.270. The standard InChI is InChI=1S/C18H19FN2O2/c1-20-11-17(21-13-22)10-15-4-2-3-5-18(15)23-12-14-6-8-16(19)9-7-14/h2-10,13,20H,11-12H2,1H3,(H,21,22)/b17-10+. The summed E-state index contributed by atoms with van der Waals surface area (Å²) in [6.07, 6.45) is 2.50. The van der Waals surface area contributed by atoms with Crippen molar-refractivity contribution in [2.75, 3.05) is 13.6 Å². The van der Waals surface area contributed by atoms with E-state index in [9.17, 15) is 9.18 Å². The van der Waals surface area contributed by atoms with Crippen molar-refractivity contribution in [3.8, 4) is 5.75 Å². The molecule has 120 valence electrons. The van der Waals surface area contributed by atoms with Gasteiger partial charge in [-0.15, -0.1) is 0 Å². The molecule has 0 unspecified atom stereocenters. The first kappa shape index (κ1) is 16.7. The fourth-order valence-electron chi connectivity index (χ4n) is 2.07. The van der Waals surface area contributed by atoms with E-state index in [0.29, 0.717) is 25.3 Å². The molecule has 0 heterocycles. The van der Waals surface area contributed by atoms with Crippen LogP contribution in [0.2, 0.25) is 0 Å². The Morgan fingerprint density at radius 2 is 1.91 bits per heavy atom. The maximum absolute atomic E-state index is 12.9. The number of carbonyl (C=O) groups excluding carboxylic acids is 1. The second kappa shape index (κ2) is 8.70. The van der Waals surface area contributed by atoms with Gasteiger partial charge >= 0.3 is 0 Å². The summed E-state index contributed by atoms with van der Waals surface area (Å²) in [7, 11) is 1.80. The van der Waals surface area contributed by atoms with Gasteiger partial charge in [0.15, 0.2) is 0 Å². The van der Waals surface area contributed by atoms with Gasteiger partial charge in [0.25, 0.3) is 0 Å². The van der Waals surface area contributed by atoms with Crippen LogP contribution in [0.25, 0.3) is 6.08 Å². The summed E-state index contributed by atoms with van der Waals surface area (Å²) in [5, 5.41) is 5.65. The molecule has 4 nitrogen and oxygen atoms in total. The molecule has 23 heavy (non-hydrogen) atoms. The Morgan fingerprint density at radius 3 is 2.61 bits per heavy atom. The molecule has 2 rings (SSSR count). The number of hydrogen-bond acceptors (Lipinski definition) is 3.